The van der Waals surface area contributed by atoms with Crippen molar-refractivity contribution in [2.24, 2.45) is 5.92 Å². The molecule has 0 saturated carbocycles. The zero-order valence-corrected chi connectivity index (χ0v) is 9.92. The number of anilines is 1. The van der Waals surface area contributed by atoms with Crippen molar-refractivity contribution in [2.75, 3.05) is 31.6 Å². The molecule has 0 spiro atoms. The minimum absolute atomic E-state index is 0.219. The molecular formula is C12H17F2N3. The Kier molecular flexibility index (Phi) is 3.89. The second-order valence-corrected chi connectivity index (χ2v) is 4.55. The first kappa shape index (κ1) is 12.2. The molecule has 94 valence electrons. The van der Waals surface area contributed by atoms with E-state index in [-0.39, 0.29) is 5.82 Å². The summed E-state index contributed by atoms with van der Waals surface area (Å²) in [7, 11) is 1.79. The molecule has 0 amide bonds. The van der Waals surface area contributed by atoms with Gasteiger partial charge in [0.2, 0.25) is 0 Å². The molecule has 2 rings (SSSR count). The maximum absolute atomic E-state index is 13.5. The molecule has 1 saturated heterocycles. The normalized spacial score (nSPS) is 20.3. The fourth-order valence-electron chi connectivity index (χ4n) is 2.24. The molecule has 1 aliphatic rings. The summed E-state index contributed by atoms with van der Waals surface area (Å²) in [6.45, 7) is 2.75. The molecule has 0 aromatic carbocycles. The Morgan fingerprint density at radius 3 is 3.00 bits per heavy atom. The smallest absolute Gasteiger partial charge is 0.168 e. The highest BCUT2D eigenvalue weighted by molar-refractivity contribution is 5.38. The molecule has 0 radical (unpaired) electrons. The Balaban J connectivity index is 2.00. The second kappa shape index (κ2) is 5.40. The highest BCUT2D eigenvalue weighted by Crippen LogP contribution is 2.18. The van der Waals surface area contributed by atoms with Crippen molar-refractivity contribution in [3.05, 3.63) is 23.9 Å². The SMILES string of the molecule is CN(CC1CCCNC1)c1ncc(F)cc1F. The molecule has 0 aliphatic carbocycles. The molecular weight excluding hydrogens is 224 g/mol. The van der Waals surface area contributed by atoms with Gasteiger partial charge in [-0.2, -0.15) is 0 Å². The van der Waals surface area contributed by atoms with Crippen molar-refractivity contribution in [3.8, 4) is 0 Å². The monoisotopic (exact) mass is 241 g/mol. The Hall–Kier alpha value is -1.23. The van der Waals surface area contributed by atoms with E-state index < -0.39 is 11.6 Å². The number of hydrogen-bond acceptors (Lipinski definition) is 3. The summed E-state index contributed by atoms with van der Waals surface area (Å²) >= 11 is 0. The molecule has 1 aliphatic heterocycles. The molecule has 1 N–H and O–H groups in total. The minimum Gasteiger partial charge on any atom is -0.357 e. The molecule has 1 aromatic heterocycles. The largest absolute Gasteiger partial charge is 0.357 e. The average Bonchev–Trinajstić information content (AvgIpc) is 2.30. The van der Waals surface area contributed by atoms with Gasteiger partial charge in [0.05, 0.1) is 6.20 Å². The van der Waals surface area contributed by atoms with Gasteiger partial charge in [-0.1, -0.05) is 0 Å². The van der Waals surface area contributed by atoms with Crippen LogP contribution < -0.4 is 10.2 Å². The molecule has 1 fully saturated rings. The summed E-state index contributed by atoms with van der Waals surface area (Å²) in [5.41, 5.74) is 0. The van der Waals surface area contributed by atoms with Crippen LogP contribution in [-0.4, -0.2) is 31.7 Å². The molecule has 3 nitrogen and oxygen atoms in total. The van der Waals surface area contributed by atoms with E-state index >= 15 is 0 Å². The van der Waals surface area contributed by atoms with Gasteiger partial charge in [0.1, 0.15) is 5.82 Å². The summed E-state index contributed by atoms with van der Waals surface area (Å²) in [4.78, 5) is 5.56. The Labute approximate surface area is 99.8 Å². The predicted molar refractivity (Wildman–Crippen MR) is 63.0 cm³/mol. The molecule has 0 bridgehead atoms. The van der Waals surface area contributed by atoms with Gasteiger partial charge in [-0.05, 0) is 31.8 Å². The fraction of sp³-hybridized carbons (Fsp3) is 0.583. The number of hydrogen-bond donors (Lipinski definition) is 1. The van der Waals surface area contributed by atoms with Gasteiger partial charge in [0.25, 0.3) is 0 Å². The molecule has 1 aromatic rings. The lowest BCUT2D eigenvalue weighted by atomic mass is 9.99. The maximum Gasteiger partial charge on any atom is 0.168 e. The predicted octanol–water partition coefficient (Wildman–Crippen LogP) is 1.80. The third-order valence-corrected chi connectivity index (χ3v) is 3.08. The molecule has 17 heavy (non-hydrogen) atoms. The Bertz CT molecular complexity index is 378. The van der Waals surface area contributed by atoms with Crippen LogP contribution in [-0.2, 0) is 0 Å². The summed E-state index contributed by atoms with van der Waals surface area (Å²) < 4.78 is 26.2. The lowest BCUT2D eigenvalue weighted by Gasteiger charge is -2.28. The van der Waals surface area contributed by atoms with Gasteiger partial charge >= 0.3 is 0 Å². The Morgan fingerprint density at radius 2 is 2.35 bits per heavy atom. The topological polar surface area (TPSA) is 28.2 Å². The van der Waals surface area contributed by atoms with Crippen LogP contribution in [0.15, 0.2) is 12.3 Å². The van der Waals surface area contributed by atoms with Gasteiger partial charge < -0.3 is 10.2 Å². The zero-order valence-electron chi connectivity index (χ0n) is 9.92. The van der Waals surface area contributed by atoms with Crippen LogP contribution in [0.25, 0.3) is 0 Å². The maximum atomic E-state index is 13.5. The van der Waals surface area contributed by atoms with Gasteiger partial charge in [0, 0.05) is 19.7 Å². The van der Waals surface area contributed by atoms with E-state index in [0.717, 1.165) is 44.7 Å². The van der Waals surface area contributed by atoms with Crippen molar-refractivity contribution in [2.45, 2.75) is 12.8 Å². The van der Waals surface area contributed by atoms with Crippen LogP contribution in [0, 0.1) is 17.6 Å². The second-order valence-electron chi connectivity index (χ2n) is 4.55. The minimum atomic E-state index is -0.640. The van der Waals surface area contributed by atoms with Gasteiger partial charge in [-0.25, -0.2) is 13.8 Å². The third kappa shape index (κ3) is 3.12. The van der Waals surface area contributed by atoms with Crippen molar-refractivity contribution < 1.29 is 8.78 Å². The first-order chi connectivity index (χ1) is 8.16. The Morgan fingerprint density at radius 1 is 1.53 bits per heavy atom. The van der Waals surface area contributed by atoms with Crippen molar-refractivity contribution in [3.63, 3.8) is 0 Å². The van der Waals surface area contributed by atoms with Crippen molar-refractivity contribution in [1.82, 2.24) is 10.3 Å². The lowest BCUT2D eigenvalue weighted by Crippen LogP contribution is -2.37. The van der Waals surface area contributed by atoms with Crippen LogP contribution in [0.5, 0.6) is 0 Å². The van der Waals surface area contributed by atoms with Crippen LogP contribution in [0.1, 0.15) is 12.8 Å². The summed E-state index contributed by atoms with van der Waals surface area (Å²) in [5.74, 6) is -0.521. The summed E-state index contributed by atoms with van der Waals surface area (Å²) in [6, 6.07) is 0.873. The quantitative estimate of drug-likeness (QED) is 0.874. The summed E-state index contributed by atoms with van der Waals surface area (Å²) in [5, 5.41) is 3.31. The van der Waals surface area contributed by atoms with Gasteiger partial charge in [-0.15, -0.1) is 0 Å². The number of nitrogens with one attached hydrogen (secondary N) is 1. The van der Waals surface area contributed by atoms with Gasteiger partial charge in [-0.3, -0.25) is 0 Å². The first-order valence-corrected chi connectivity index (χ1v) is 5.89. The zero-order chi connectivity index (χ0) is 12.3. The number of halogens is 2. The van der Waals surface area contributed by atoms with E-state index in [1.165, 1.54) is 0 Å². The van der Waals surface area contributed by atoms with Crippen LogP contribution in [0.3, 0.4) is 0 Å². The van der Waals surface area contributed by atoms with E-state index in [4.69, 9.17) is 0 Å². The number of pyridine rings is 1. The first-order valence-electron chi connectivity index (χ1n) is 5.89. The molecule has 2 heterocycles. The molecule has 1 unspecified atom stereocenters. The highest BCUT2D eigenvalue weighted by Gasteiger charge is 2.17. The van der Waals surface area contributed by atoms with Crippen molar-refractivity contribution in [1.29, 1.82) is 0 Å². The van der Waals surface area contributed by atoms with E-state index in [1.54, 1.807) is 11.9 Å². The van der Waals surface area contributed by atoms with Crippen LogP contribution in [0.2, 0.25) is 0 Å². The lowest BCUT2D eigenvalue weighted by molar-refractivity contribution is 0.379. The standard InChI is InChI=1S/C12H17F2N3/c1-17(8-9-3-2-4-15-6-9)12-11(14)5-10(13)7-16-12/h5,7,9,15H,2-4,6,8H2,1H3. The van der Waals surface area contributed by atoms with Crippen LogP contribution in [0.4, 0.5) is 14.6 Å². The highest BCUT2D eigenvalue weighted by atomic mass is 19.1. The van der Waals surface area contributed by atoms with E-state index in [0.29, 0.717) is 5.92 Å². The van der Waals surface area contributed by atoms with Crippen LogP contribution >= 0.6 is 0 Å². The van der Waals surface area contributed by atoms with E-state index in [9.17, 15) is 8.78 Å². The number of nitrogens with zero attached hydrogens (tertiary/aromatic N) is 2. The van der Waals surface area contributed by atoms with E-state index in [2.05, 4.69) is 10.3 Å². The summed E-state index contributed by atoms with van der Waals surface area (Å²) in [6.07, 6.45) is 3.34. The number of rotatable bonds is 3. The van der Waals surface area contributed by atoms with Gasteiger partial charge in [0.15, 0.2) is 11.6 Å². The third-order valence-electron chi connectivity index (χ3n) is 3.08. The van der Waals surface area contributed by atoms with E-state index in [1.807, 2.05) is 0 Å². The molecule has 5 heteroatoms. The average molecular weight is 241 g/mol. The van der Waals surface area contributed by atoms with Crippen molar-refractivity contribution >= 4 is 5.82 Å². The fourth-order valence-corrected chi connectivity index (χ4v) is 2.24. The number of aromatic nitrogens is 1. The number of piperidine rings is 1. The molecule has 1 atom stereocenters.